The molecule has 3 aromatic heterocycles. The summed E-state index contributed by atoms with van der Waals surface area (Å²) < 4.78 is 7.38. The second-order valence-electron chi connectivity index (χ2n) is 10.9. The molecule has 46 heavy (non-hydrogen) atoms. The van der Waals surface area contributed by atoms with Crippen molar-refractivity contribution < 1.29 is 4.74 Å². The lowest BCUT2D eigenvalue weighted by Crippen LogP contribution is -1.88. The van der Waals surface area contributed by atoms with E-state index in [9.17, 15) is 0 Å². The topological polar surface area (TPSA) is 60.8 Å². The molecule has 0 amide bonds. The van der Waals surface area contributed by atoms with Gasteiger partial charge in [-0.2, -0.15) is 0 Å². The van der Waals surface area contributed by atoms with Crippen molar-refractivity contribution in [3.63, 3.8) is 0 Å². The Morgan fingerprint density at radius 1 is 0.457 bits per heavy atom. The molecule has 0 spiro atoms. The molecule has 0 unspecified atom stereocenters. The van der Waals surface area contributed by atoms with Crippen LogP contribution in [0, 0.1) is 0 Å². The van der Waals surface area contributed by atoms with E-state index in [2.05, 4.69) is 111 Å². The van der Waals surface area contributed by atoms with E-state index in [1.807, 2.05) is 48.7 Å². The Morgan fingerprint density at radius 2 is 0.978 bits per heavy atom. The Labute approximate surface area is 270 Å². The van der Waals surface area contributed by atoms with Gasteiger partial charge in [-0.3, -0.25) is 0 Å². The number of rotatable bonds is 7. The molecule has 0 saturated carbocycles. The van der Waals surface area contributed by atoms with Crippen LogP contribution in [0.3, 0.4) is 0 Å². The molecule has 5 nitrogen and oxygen atoms in total. The molecule has 0 saturated heterocycles. The van der Waals surface area contributed by atoms with Crippen molar-refractivity contribution in [3.8, 4) is 66.6 Å². The van der Waals surface area contributed by atoms with Gasteiger partial charge in [-0.1, -0.05) is 78.9 Å². The fourth-order valence-corrected chi connectivity index (χ4v) is 6.57. The first-order valence-electron chi connectivity index (χ1n) is 14.9. The van der Waals surface area contributed by atoms with E-state index < -0.39 is 0 Å². The van der Waals surface area contributed by atoms with Gasteiger partial charge >= 0.3 is 0 Å². The molecule has 0 N–H and O–H groups in total. The summed E-state index contributed by atoms with van der Waals surface area (Å²) in [5.74, 6) is 1.53. The number of ether oxygens (including phenoxy) is 1. The number of hydrogen-bond donors (Lipinski definition) is 0. The quantitative estimate of drug-likeness (QED) is 0.180. The van der Waals surface area contributed by atoms with Gasteiger partial charge in [-0.15, -0.1) is 11.3 Å². The summed E-state index contributed by atoms with van der Waals surface area (Å²) in [6, 6.07) is 46.3. The molecule has 0 fully saturated rings. The molecule has 0 aliphatic heterocycles. The summed E-state index contributed by atoms with van der Waals surface area (Å²) in [7, 11) is 0. The van der Waals surface area contributed by atoms with Gasteiger partial charge in [-0.05, 0) is 93.5 Å². The second kappa shape index (κ2) is 12.2. The van der Waals surface area contributed by atoms with E-state index in [-0.39, 0.29) is 0 Å². The van der Waals surface area contributed by atoms with Crippen LogP contribution >= 0.6 is 11.3 Å². The average molecular weight is 611 g/mol. The lowest BCUT2D eigenvalue weighted by Gasteiger charge is -2.11. The minimum Gasteiger partial charge on any atom is -0.457 e. The van der Waals surface area contributed by atoms with Crippen LogP contribution < -0.4 is 4.74 Å². The van der Waals surface area contributed by atoms with E-state index in [1.165, 1.54) is 21.6 Å². The molecule has 8 aromatic rings. The number of fused-ring (bicyclic) bond motifs is 1. The lowest BCUT2D eigenvalue weighted by molar-refractivity contribution is 0.483. The van der Waals surface area contributed by atoms with Crippen LogP contribution in [0.15, 0.2) is 159 Å². The van der Waals surface area contributed by atoms with E-state index in [4.69, 9.17) is 4.74 Å². The first kappa shape index (κ1) is 27.6. The van der Waals surface area contributed by atoms with Crippen LogP contribution in [0.25, 0.3) is 65.3 Å². The van der Waals surface area contributed by atoms with Gasteiger partial charge in [0.25, 0.3) is 0 Å². The third-order valence-electron chi connectivity index (χ3n) is 7.85. The van der Waals surface area contributed by atoms with Gasteiger partial charge < -0.3 is 4.74 Å². The molecule has 0 atom stereocenters. The highest BCUT2D eigenvalue weighted by Crippen LogP contribution is 2.36. The van der Waals surface area contributed by atoms with Crippen LogP contribution in [0.2, 0.25) is 0 Å². The summed E-state index contributed by atoms with van der Waals surface area (Å²) >= 11 is 1.72. The normalized spacial score (nSPS) is 11.0. The molecule has 8 rings (SSSR count). The Hall–Kier alpha value is -5.98. The summed E-state index contributed by atoms with van der Waals surface area (Å²) in [6.45, 7) is 0. The predicted octanol–water partition coefficient (Wildman–Crippen LogP) is 10.6. The zero-order valence-electron chi connectivity index (χ0n) is 24.6. The Kier molecular flexibility index (Phi) is 7.30. The monoisotopic (exact) mass is 610 g/mol. The van der Waals surface area contributed by atoms with E-state index in [0.29, 0.717) is 0 Å². The van der Waals surface area contributed by atoms with Gasteiger partial charge in [0.2, 0.25) is 0 Å². The standard InChI is InChI=1S/C40H26N4OS/c1-6-27(18-29(8-1)31-10-3-13-34(20-31)39-23-38-40(46-39)24-42-26-44-38)28-7-2-9-30(19-28)32-11-4-14-35(21-32)45-36-15-5-12-33(22-36)37-16-17-41-25-43-37/h1-26H. The highest BCUT2D eigenvalue weighted by Gasteiger charge is 2.10. The molecule has 5 aromatic carbocycles. The number of benzene rings is 5. The SMILES string of the molecule is c1cc(Oc2cccc(-c3ccncn3)c2)cc(-c2cccc(-c3cccc(-c4cccc(-c5cc6ncncc6s5)c4)c3)c2)c1. The van der Waals surface area contributed by atoms with Crippen molar-refractivity contribution in [2.75, 3.05) is 0 Å². The molecule has 6 heteroatoms. The van der Waals surface area contributed by atoms with E-state index >= 15 is 0 Å². The summed E-state index contributed by atoms with van der Waals surface area (Å²) in [6.07, 6.45) is 6.77. The third-order valence-corrected chi connectivity index (χ3v) is 8.96. The fourth-order valence-electron chi connectivity index (χ4n) is 5.59. The van der Waals surface area contributed by atoms with E-state index in [0.717, 1.165) is 55.2 Å². The maximum Gasteiger partial charge on any atom is 0.128 e. The average Bonchev–Trinajstić information content (AvgIpc) is 3.57. The van der Waals surface area contributed by atoms with Crippen LogP contribution in [0.5, 0.6) is 11.5 Å². The summed E-state index contributed by atoms with van der Waals surface area (Å²) in [5, 5.41) is 0. The maximum absolute atomic E-state index is 6.29. The van der Waals surface area contributed by atoms with Crippen LogP contribution in [0.1, 0.15) is 0 Å². The molecule has 0 aliphatic carbocycles. The van der Waals surface area contributed by atoms with Gasteiger partial charge in [-0.25, -0.2) is 19.9 Å². The number of aromatic nitrogens is 4. The molecule has 218 valence electrons. The molecular weight excluding hydrogens is 585 g/mol. The molecular formula is C40H26N4OS. The Balaban J connectivity index is 1.05. The van der Waals surface area contributed by atoms with Gasteiger partial charge in [0.1, 0.15) is 24.2 Å². The zero-order chi connectivity index (χ0) is 30.7. The van der Waals surface area contributed by atoms with Crippen LogP contribution in [0.4, 0.5) is 0 Å². The van der Waals surface area contributed by atoms with Crippen molar-refractivity contribution in [3.05, 3.63) is 159 Å². The van der Waals surface area contributed by atoms with Crippen molar-refractivity contribution in [1.29, 1.82) is 0 Å². The van der Waals surface area contributed by atoms with E-state index in [1.54, 1.807) is 30.2 Å². The van der Waals surface area contributed by atoms with Crippen LogP contribution in [-0.4, -0.2) is 19.9 Å². The molecule has 3 heterocycles. The fraction of sp³-hybridized carbons (Fsp3) is 0. The van der Waals surface area contributed by atoms with Crippen LogP contribution in [-0.2, 0) is 0 Å². The minimum atomic E-state index is 0.754. The number of nitrogens with zero attached hydrogens (tertiary/aromatic N) is 4. The first-order chi connectivity index (χ1) is 22.7. The molecule has 0 bridgehead atoms. The lowest BCUT2D eigenvalue weighted by atomic mass is 9.95. The Bertz CT molecular complexity index is 2280. The predicted molar refractivity (Wildman–Crippen MR) is 187 cm³/mol. The highest BCUT2D eigenvalue weighted by molar-refractivity contribution is 7.22. The zero-order valence-corrected chi connectivity index (χ0v) is 25.4. The first-order valence-corrected chi connectivity index (χ1v) is 15.7. The smallest absolute Gasteiger partial charge is 0.128 e. The second-order valence-corrected chi connectivity index (χ2v) is 12.0. The highest BCUT2D eigenvalue weighted by atomic mass is 32.1. The van der Waals surface area contributed by atoms with Gasteiger partial charge in [0, 0.05) is 22.8 Å². The van der Waals surface area contributed by atoms with Gasteiger partial charge in [0.05, 0.1) is 15.9 Å². The number of thiophene rings is 1. The van der Waals surface area contributed by atoms with Crippen molar-refractivity contribution in [2.24, 2.45) is 0 Å². The molecule has 0 aliphatic rings. The number of hydrogen-bond acceptors (Lipinski definition) is 6. The third kappa shape index (κ3) is 5.77. The minimum absolute atomic E-state index is 0.754. The van der Waals surface area contributed by atoms with Crippen molar-refractivity contribution in [2.45, 2.75) is 0 Å². The maximum atomic E-state index is 6.29. The largest absolute Gasteiger partial charge is 0.457 e. The molecule has 0 radical (unpaired) electrons. The summed E-state index contributed by atoms with van der Waals surface area (Å²) in [5.41, 5.74) is 10.9. The van der Waals surface area contributed by atoms with Crippen molar-refractivity contribution in [1.82, 2.24) is 19.9 Å². The van der Waals surface area contributed by atoms with Gasteiger partial charge in [0.15, 0.2) is 0 Å². The Morgan fingerprint density at radius 3 is 1.59 bits per heavy atom. The van der Waals surface area contributed by atoms with Crippen molar-refractivity contribution >= 4 is 21.6 Å². The summed E-state index contributed by atoms with van der Waals surface area (Å²) in [4.78, 5) is 18.1.